The number of nitrogens with zero attached hydrogens (tertiary/aromatic N) is 1. The molecule has 0 aromatic rings. The lowest BCUT2D eigenvalue weighted by Gasteiger charge is -2.28. The standard InChI is InChI=1S/C29H50N4O7S/c1-5-15-28(16-17-28)41(38,39)32-25(36)29(30)19-21(29)12-9-7-6-8-10-14-23(31-26(37)40-27(2,3)4)24(35)33-18-11-13-22(33)20-34/h20-23H,5-19,30H2,1-4H3,(H,31,37)(H,32,36)/t21-,22+,23+,29-/m1/s1. The number of unbranched alkanes of at least 4 members (excludes halogenated alkanes) is 4. The molecule has 1 heterocycles. The zero-order chi connectivity index (χ0) is 30.5. The second-order valence-corrected chi connectivity index (χ2v) is 15.3. The maximum Gasteiger partial charge on any atom is 0.408 e. The van der Waals surface area contributed by atoms with Gasteiger partial charge in [-0.15, -0.1) is 0 Å². The Morgan fingerprint density at radius 2 is 1.78 bits per heavy atom. The molecule has 3 rings (SSSR count). The molecule has 2 saturated carbocycles. The Hall–Kier alpha value is -2.21. The molecule has 4 atom stereocenters. The van der Waals surface area contributed by atoms with Crippen LogP contribution in [0.3, 0.4) is 0 Å². The molecule has 0 aromatic heterocycles. The lowest BCUT2D eigenvalue weighted by Crippen LogP contribution is -2.51. The Labute approximate surface area is 245 Å². The summed E-state index contributed by atoms with van der Waals surface area (Å²) in [6, 6.07) is -1.20. The minimum atomic E-state index is -3.71. The minimum absolute atomic E-state index is 0.0229. The fourth-order valence-electron chi connectivity index (χ4n) is 5.94. The summed E-state index contributed by atoms with van der Waals surface area (Å²) in [4.78, 5) is 51.2. The molecule has 4 N–H and O–H groups in total. The summed E-state index contributed by atoms with van der Waals surface area (Å²) in [6.45, 7) is 7.72. The summed E-state index contributed by atoms with van der Waals surface area (Å²) < 4.78 is 32.3. The van der Waals surface area contributed by atoms with Crippen molar-refractivity contribution < 1.29 is 32.3 Å². The molecule has 234 valence electrons. The highest BCUT2D eigenvalue weighted by Gasteiger charge is 2.60. The van der Waals surface area contributed by atoms with Crippen LogP contribution in [0.25, 0.3) is 0 Å². The number of amides is 3. The van der Waals surface area contributed by atoms with E-state index in [-0.39, 0.29) is 11.8 Å². The number of carbonyl (C=O) groups excluding carboxylic acids is 4. The van der Waals surface area contributed by atoms with Crippen LogP contribution in [0.1, 0.15) is 118 Å². The van der Waals surface area contributed by atoms with Gasteiger partial charge < -0.3 is 25.5 Å². The Kier molecular flexibility index (Phi) is 10.9. The van der Waals surface area contributed by atoms with Gasteiger partial charge in [-0.2, -0.15) is 0 Å². The number of sulfonamides is 1. The first-order valence-corrected chi connectivity index (χ1v) is 16.8. The first kappa shape index (κ1) is 33.3. The third-order valence-electron chi connectivity index (χ3n) is 8.66. The topological polar surface area (TPSA) is 165 Å². The van der Waals surface area contributed by atoms with E-state index < -0.39 is 50.0 Å². The number of likely N-dealkylation sites (tertiary alicyclic amines) is 1. The Morgan fingerprint density at radius 1 is 1.12 bits per heavy atom. The fraction of sp³-hybridized carbons (Fsp3) is 0.862. The Morgan fingerprint density at radius 3 is 2.39 bits per heavy atom. The molecule has 12 heteroatoms. The van der Waals surface area contributed by atoms with Crippen LogP contribution >= 0.6 is 0 Å². The van der Waals surface area contributed by atoms with Crippen molar-refractivity contribution in [2.24, 2.45) is 11.7 Å². The van der Waals surface area contributed by atoms with E-state index in [0.29, 0.717) is 45.1 Å². The van der Waals surface area contributed by atoms with Crippen LogP contribution < -0.4 is 15.8 Å². The van der Waals surface area contributed by atoms with Crippen molar-refractivity contribution in [2.45, 2.75) is 146 Å². The van der Waals surface area contributed by atoms with E-state index in [4.69, 9.17) is 10.5 Å². The third-order valence-corrected chi connectivity index (χ3v) is 10.9. The van der Waals surface area contributed by atoms with E-state index in [1.807, 2.05) is 6.92 Å². The van der Waals surface area contributed by atoms with Crippen molar-refractivity contribution in [3.63, 3.8) is 0 Å². The number of carbonyl (C=O) groups is 4. The van der Waals surface area contributed by atoms with Gasteiger partial charge >= 0.3 is 6.09 Å². The molecule has 2 aliphatic carbocycles. The lowest BCUT2D eigenvalue weighted by atomic mass is 10.0. The summed E-state index contributed by atoms with van der Waals surface area (Å²) in [5.41, 5.74) is 4.48. The van der Waals surface area contributed by atoms with Crippen molar-refractivity contribution in [3.05, 3.63) is 0 Å². The first-order valence-electron chi connectivity index (χ1n) is 15.3. The highest BCUT2D eigenvalue weighted by atomic mass is 32.2. The van der Waals surface area contributed by atoms with Gasteiger partial charge in [0.15, 0.2) is 0 Å². The number of hydrogen-bond acceptors (Lipinski definition) is 8. The second kappa shape index (κ2) is 13.4. The average molecular weight is 599 g/mol. The summed E-state index contributed by atoms with van der Waals surface area (Å²) in [5, 5.41) is 2.71. The van der Waals surface area contributed by atoms with Crippen molar-refractivity contribution >= 4 is 34.2 Å². The molecule has 1 saturated heterocycles. The molecule has 3 fully saturated rings. The smallest absolute Gasteiger partial charge is 0.408 e. The largest absolute Gasteiger partial charge is 0.444 e. The van der Waals surface area contributed by atoms with Crippen LogP contribution in [0.2, 0.25) is 0 Å². The molecule has 0 spiro atoms. The molecule has 0 radical (unpaired) electrons. The van der Waals surface area contributed by atoms with Crippen LogP contribution in [0.5, 0.6) is 0 Å². The zero-order valence-electron chi connectivity index (χ0n) is 25.2. The maximum atomic E-state index is 13.2. The van der Waals surface area contributed by atoms with E-state index in [1.54, 1.807) is 25.7 Å². The van der Waals surface area contributed by atoms with E-state index in [1.165, 1.54) is 0 Å². The van der Waals surface area contributed by atoms with Gasteiger partial charge in [0, 0.05) is 6.54 Å². The van der Waals surface area contributed by atoms with Gasteiger partial charge in [-0.1, -0.05) is 45.4 Å². The highest BCUT2D eigenvalue weighted by Crippen LogP contribution is 2.49. The van der Waals surface area contributed by atoms with E-state index in [0.717, 1.165) is 57.7 Å². The van der Waals surface area contributed by atoms with Crippen LogP contribution in [-0.2, 0) is 29.1 Å². The highest BCUT2D eigenvalue weighted by molar-refractivity contribution is 7.91. The number of nitrogens with one attached hydrogen (secondary N) is 2. The van der Waals surface area contributed by atoms with Gasteiger partial charge in [0.2, 0.25) is 15.9 Å². The fourth-order valence-corrected chi connectivity index (χ4v) is 7.71. The van der Waals surface area contributed by atoms with Crippen LogP contribution in [-0.4, -0.2) is 72.0 Å². The normalized spacial score (nSPS) is 25.7. The van der Waals surface area contributed by atoms with E-state index in [9.17, 15) is 27.6 Å². The van der Waals surface area contributed by atoms with Gasteiger partial charge in [0.25, 0.3) is 5.91 Å². The number of ether oxygens (including phenoxy) is 1. The monoisotopic (exact) mass is 598 g/mol. The number of nitrogens with two attached hydrogens (primary N) is 1. The minimum Gasteiger partial charge on any atom is -0.444 e. The van der Waals surface area contributed by atoms with Crippen LogP contribution in [0.15, 0.2) is 0 Å². The first-order chi connectivity index (χ1) is 19.2. The van der Waals surface area contributed by atoms with E-state index >= 15 is 0 Å². The number of alkyl carbamates (subject to hydrolysis) is 1. The Bertz CT molecular complexity index is 1070. The van der Waals surface area contributed by atoms with Crippen molar-refractivity contribution in [2.75, 3.05) is 6.54 Å². The predicted molar refractivity (Wildman–Crippen MR) is 155 cm³/mol. The van der Waals surface area contributed by atoms with Crippen LogP contribution in [0, 0.1) is 5.92 Å². The van der Waals surface area contributed by atoms with Gasteiger partial charge in [-0.25, -0.2) is 13.2 Å². The SMILES string of the molecule is CCCC1(S(=O)(=O)NC(=O)[C@@]2(N)C[C@H]2CCCCCCC[C@H](NC(=O)OC(C)(C)C)C(=O)N2CCC[C@H]2C=O)CC1. The summed E-state index contributed by atoms with van der Waals surface area (Å²) >= 11 is 0. The Balaban J connectivity index is 1.38. The molecule has 0 aromatic carbocycles. The van der Waals surface area contributed by atoms with Gasteiger partial charge in [-0.3, -0.25) is 14.3 Å². The summed E-state index contributed by atoms with van der Waals surface area (Å²) in [7, 11) is -3.71. The molecular weight excluding hydrogens is 548 g/mol. The number of rotatable bonds is 16. The number of aldehydes is 1. The van der Waals surface area contributed by atoms with Crippen molar-refractivity contribution in [1.29, 1.82) is 0 Å². The van der Waals surface area contributed by atoms with E-state index in [2.05, 4.69) is 10.0 Å². The predicted octanol–water partition coefficient (Wildman–Crippen LogP) is 3.30. The van der Waals surface area contributed by atoms with Gasteiger partial charge in [-0.05, 0) is 78.1 Å². The zero-order valence-corrected chi connectivity index (χ0v) is 26.0. The second-order valence-electron chi connectivity index (χ2n) is 13.2. The summed E-state index contributed by atoms with van der Waals surface area (Å²) in [5.74, 6) is -0.848. The molecule has 3 amide bonds. The average Bonchev–Trinajstić information content (AvgIpc) is 3.75. The molecule has 3 aliphatic rings. The molecule has 41 heavy (non-hydrogen) atoms. The molecule has 1 aliphatic heterocycles. The molecule has 0 unspecified atom stereocenters. The number of hydrogen-bond donors (Lipinski definition) is 3. The summed E-state index contributed by atoms with van der Waals surface area (Å²) in [6.07, 6.45) is 10.0. The van der Waals surface area contributed by atoms with Gasteiger partial charge in [0.1, 0.15) is 17.9 Å². The van der Waals surface area contributed by atoms with Crippen molar-refractivity contribution in [3.8, 4) is 0 Å². The third kappa shape index (κ3) is 8.65. The van der Waals surface area contributed by atoms with Gasteiger partial charge in [0.05, 0.1) is 16.3 Å². The molecule has 11 nitrogen and oxygen atoms in total. The maximum absolute atomic E-state index is 13.2. The lowest BCUT2D eigenvalue weighted by molar-refractivity contribution is -0.136. The molecular formula is C29H50N4O7S. The molecule has 0 bridgehead atoms. The van der Waals surface area contributed by atoms with Crippen molar-refractivity contribution in [1.82, 2.24) is 14.9 Å². The quantitative estimate of drug-likeness (QED) is 0.180. The van der Waals surface area contributed by atoms with Crippen LogP contribution in [0.4, 0.5) is 4.79 Å².